The molecule has 0 nitrogen and oxygen atoms in total. The lowest BCUT2D eigenvalue weighted by Crippen LogP contribution is -3.00. The van der Waals surface area contributed by atoms with Crippen molar-refractivity contribution in [3.05, 3.63) is 60.7 Å². The van der Waals surface area contributed by atoms with Crippen LogP contribution in [0.4, 0.5) is 13.2 Å². The van der Waals surface area contributed by atoms with E-state index in [1.165, 1.54) is 0 Å². The molecule has 2 aromatic carbocycles. The predicted molar refractivity (Wildman–Crippen MR) is 73.2 cm³/mol. The number of benzene rings is 2. The molecule has 0 amide bonds. The zero-order valence-corrected chi connectivity index (χ0v) is 13.2. The largest absolute Gasteiger partial charge is 1.00 e. The number of rotatable bonds is 1. The van der Waals surface area contributed by atoms with Gasteiger partial charge in [0, 0.05) is 17.0 Å². The fraction of sp³-hybridized carbons (Fsp3) is 0.0667. The van der Waals surface area contributed by atoms with Crippen LogP contribution >= 0.6 is 10.5 Å². The summed E-state index contributed by atoms with van der Waals surface area (Å²) in [5, 5.41) is 0.669. The molecule has 1 aromatic heterocycles. The average molecular weight is 406 g/mol. The second-order valence-corrected chi connectivity index (χ2v) is 6.12. The lowest BCUT2D eigenvalue weighted by Gasteiger charge is -2.00. The minimum Gasteiger partial charge on any atom is -1.00 e. The number of halogens is 4. The van der Waals surface area contributed by atoms with Gasteiger partial charge in [0.2, 0.25) is 0 Å². The lowest BCUT2D eigenvalue weighted by atomic mass is 10.2. The molecule has 0 radical (unpaired) electrons. The van der Waals surface area contributed by atoms with E-state index in [1.54, 1.807) is 60.7 Å². The van der Waals surface area contributed by atoms with Crippen molar-refractivity contribution in [2.45, 2.75) is 5.51 Å². The van der Waals surface area contributed by atoms with Crippen LogP contribution in [0.5, 0.6) is 0 Å². The number of alkyl halides is 3. The van der Waals surface area contributed by atoms with Crippen LogP contribution in [0.25, 0.3) is 20.5 Å². The smallest absolute Gasteiger partial charge is 0.601 e. The maximum atomic E-state index is 13.3. The Hall–Kier alpha value is -1.08. The highest BCUT2D eigenvalue weighted by atomic mass is 127. The van der Waals surface area contributed by atoms with E-state index in [0.29, 0.717) is 20.5 Å². The fourth-order valence-corrected chi connectivity index (χ4v) is 4.09. The van der Waals surface area contributed by atoms with Crippen molar-refractivity contribution in [3.63, 3.8) is 0 Å². The molecular weight excluding hydrogens is 396 g/mol. The third-order valence-corrected chi connectivity index (χ3v) is 5.00. The minimum absolute atomic E-state index is 0. The molecule has 0 N–H and O–H groups in total. The number of hydrogen-bond donors (Lipinski definition) is 0. The van der Waals surface area contributed by atoms with E-state index in [2.05, 4.69) is 0 Å². The Kier molecular flexibility index (Phi) is 4.39. The number of fused-ring (bicyclic) bond motifs is 1. The van der Waals surface area contributed by atoms with Gasteiger partial charge in [0.1, 0.15) is 10.5 Å². The standard InChI is InChI=1S/C15H10F3S.HI/c16-15(17,18)19-13-9-5-4-8-12(13)10-14(19)11-6-2-1-3-7-11;/h1-10H;1H/q+1;/p-1. The molecule has 20 heavy (non-hydrogen) atoms. The van der Waals surface area contributed by atoms with E-state index >= 15 is 0 Å². The first-order valence-electron chi connectivity index (χ1n) is 5.74. The number of hydrogen-bond acceptors (Lipinski definition) is 0. The van der Waals surface area contributed by atoms with E-state index in [9.17, 15) is 13.2 Å². The summed E-state index contributed by atoms with van der Waals surface area (Å²) in [4.78, 5) is 0.356. The van der Waals surface area contributed by atoms with Crippen molar-refractivity contribution in [1.29, 1.82) is 0 Å². The highest BCUT2D eigenvalue weighted by Gasteiger charge is 2.48. The van der Waals surface area contributed by atoms with Crippen molar-refractivity contribution in [2.24, 2.45) is 0 Å². The van der Waals surface area contributed by atoms with Gasteiger partial charge in [0.05, 0.1) is 0 Å². The Bertz CT molecular complexity index is 717. The molecule has 3 aromatic rings. The van der Waals surface area contributed by atoms with Crippen LogP contribution in [0.15, 0.2) is 60.7 Å². The van der Waals surface area contributed by atoms with Gasteiger partial charge in [-0.25, -0.2) is 0 Å². The molecule has 1 heterocycles. The Labute approximate surface area is 134 Å². The first kappa shape index (κ1) is 15.3. The zero-order chi connectivity index (χ0) is 13.5. The third-order valence-electron chi connectivity index (χ3n) is 2.94. The van der Waals surface area contributed by atoms with Gasteiger partial charge in [-0.15, -0.1) is 13.2 Å². The van der Waals surface area contributed by atoms with Crippen LogP contribution in [-0.4, -0.2) is 0 Å². The van der Waals surface area contributed by atoms with Crippen molar-refractivity contribution in [3.8, 4) is 10.4 Å². The van der Waals surface area contributed by atoms with Crippen LogP contribution in [0.1, 0.15) is 0 Å². The topological polar surface area (TPSA) is 0 Å². The Morgan fingerprint density at radius 2 is 1.40 bits per heavy atom. The third kappa shape index (κ3) is 2.69. The molecule has 0 saturated carbocycles. The van der Waals surface area contributed by atoms with E-state index in [1.807, 2.05) is 0 Å². The van der Waals surface area contributed by atoms with Gasteiger partial charge >= 0.3 is 5.51 Å². The molecule has 0 aliphatic carbocycles. The van der Waals surface area contributed by atoms with Crippen LogP contribution in [0, 0.1) is 0 Å². The van der Waals surface area contributed by atoms with E-state index in [-0.39, 0.29) is 24.0 Å². The van der Waals surface area contributed by atoms with Gasteiger partial charge in [-0.2, -0.15) is 0 Å². The SMILES string of the molecule is FC(F)(F)[s+]1c(-c2ccccc2)cc2ccccc21.[I-]. The van der Waals surface area contributed by atoms with Crippen LogP contribution in [-0.2, 0) is 5.51 Å². The molecule has 5 heteroatoms. The summed E-state index contributed by atoms with van der Waals surface area (Å²) in [5.41, 5.74) is -3.60. The first-order valence-corrected chi connectivity index (χ1v) is 6.97. The summed E-state index contributed by atoms with van der Waals surface area (Å²) in [6, 6.07) is 17.2. The van der Waals surface area contributed by atoms with Gasteiger partial charge in [-0.1, -0.05) is 30.3 Å². The van der Waals surface area contributed by atoms with E-state index < -0.39 is 16.0 Å². The minimum atomic E-state index is -4.24. The molecule has 0 saturated heterocycles. The van der Waals surface area contributed by atoms with E-state index in [0.717, 1.165) is 0 Å². The van der Waals surface area contributed by atoms with Crippen molar-refractivity contribution < 1.29 is 37.1 Å². The normalized spacial score (nSPS) is 12.2. The quantitative estimate of drug-likeness (QED) is 0.431. The Morgan fingerprint density at radius 1 is 0.800 bits per heavy atom. The predicted octanol–water partition coefficient (Wildman–Crippen LogP) is 2.74. The molecule has 3 rings (SSSR count). The van der Waals surface area contributed by atoms with Crippen molar-refractivity contribution in [2.75, 3.05) is 0 Å². The summed E-state index contributed by atoms with van der Waals surface area (Å²) in [6.07, 6.45) is 0. The second kappa shape index (κ2) is 5.73. The van der Waals surface area contributed by atoms with Crippen LogP contribution < -0.4 is 24.0 Å². The monoisotopic (exact) mass is 406 g/mol. The molecule has 0 spiro atoms. The molecule has 0 fully saturated rings. The molecule has 104 valence electrons. The summed E-state index contributed by atoms with van der Waals surface area (Å²) < 4.78 is 40.4. The average Bonchev–Trinajstić information content (AvgIpc) is 2.79. The van der Waals surface area contributed by atoms with Crippen molar-refractivity contribution in [1.82, 2.24) is 0 Å². The van der Waals surface area contributed by atoms with Crippen LogP contribution in [0.3, 0.4) is 0 Å². The Balaban J connectivity index is 0.00000147. The highest BCUT2D eigenvalue weighted by Crippen LogP contribution is 2.54. The summed E-state index contributed by atoms with van der Waals surface area (Å²) >= 11 is 0. The van der Waals surface area contributed by atoms with Crippen LogP contribution in [0.2, 0.25) is 0 Å². The highest BCUT2D eigenvalue weighted by molar-refractivity contribution is 7.41. The summed E-state index contributed by atoms with van der Waals surface area (Å²) in [6.45, 7) is 0. The number of thiophene rings is 1. The first-order chi connectivity index (χ1) is 9.07. The van der Waals surface area contributed by atoms with Gasteiger partial charge < -0.3 is 24.0 Å². The van der Waals surface area contributed by atoms with Crippen molar-refractivity contribution >= 4 is 20.6 Å². The summed E-state index contributed by atoms with van der Waals surface area (Å²) in [7, 11) is -1.85. The zero-order valence-electron chi connectivity index (χ0n) is 10.2. The molecule has 0 aliphatic heterocycles. The maximum absolute atomic E-state index is 13.3. The maximum Gasteiger partial charge on any atom is 0.601 e. The van der Waals surface area contributed by atoms with E-state index in [4.69, 9.17) is 0 Å². The lowest BCUT2D eigenvalue weighted by molar-refractivity contribution is -0.0864. The molecule has 0 aliphatic rings. The summed E-state index contributed by atoms with van der Waals surface area (Å²) in [5.74, 6) is 0. The second-order valence-electron chi connectivity index (χ2n) is 4.16. The van der Waals surface area contributed by atoms with Gasteiger partial charge in [0.25, 0.3) is 0 Å². The van der Waals surface area contributed by atoms with Gasteiger partial charge in [0.15, 0.2) is 9.58 Å². The Morgan fingerprint density at radius 3 is 2.05 bits per heavy atom. The molecule has 1 atom stereocenters. The molecular formula is C15H10F3IS. The fourth-order valence-electron chi connectivity index (χ4n) is 2.16. The van der Waals surface area contributed by atoms with Gasteiger partial charge in [-0.05, 0) is 24.3 Å². The molecule has 0 bridgehead atoms. The van der Waals surface area contributed by atoms with Gasteiger partial charge in [-0.3, -0.25) is 0 Å². The molecule has 1 unspecified atom stereocenters.